The van der Waals surface area contributed by atoms with E-state index in [0.29, 0.717) is 40.7 Å². The fraction of sp³-hybridized carbons (Fsp3) is 0.286. The lowest BCUT2D eigenvalue weighted by atomic mass is 10.0. The second-order valence-electron chi connectivity index (χ2n) is 5.69. The molecule has 1 N–H and O–H groups in total. The van der Waals surface area contributed by atoms with E-state index in [0.717, 1.165) is 6.42 Å². The van der Waals surface area contributed by atoms with Crippen molar-refractivity contribution < 1.29 is 28.8 Å². The number of aliphatic carboxylic acids is 1. The Kier molecular flexibility index (Phi) is 7.11. The van der Waals surface area contributed by atoms with Crippen LogP contribution in [0.3, 0.4) is 0 Å². The minimum Gasteiger partial charge on any atom is -0.497 e. The Bertz CT molecular complexity index is 825. The van der Waals surface area contributed by atoms with Crippen LogP contribution in [0.4, 0.5) is 0 Å². The zero-order chi connectivity index (χ0) is 19.8. The maximum atomic E-state index is 11.9. The number of carboxylic acid groups (broad SMARTS) is 1. The summed E-state index contributed by atoms with van der Waals surface area (Å²) >= 11 is 0. The predicted molar refractivity (Wildman–Crippen MR) is 104 cm³/mol. The number of carbonyl (C=O) groups is 1. The molecule has 0 saturated heterocycles. The summed E-state index contributed by atoms with van der Waals surface area (Å²) in [6.07, 6.45) is 2.41. The molecule has 0 unspecified atom stereocenters. The average Bonchev–Trinajstić information content (AvgIpc) is 2.69. The maximum Gasteiger partial charge on any atom is 0.336 e. The van der Waals surface area contributed by atoms with Crippen LogP contribution in [0.2, 0.25) is 0 Å². The first-order chi connectivity index (χ1) is 13.0. The maximum absolute atomic E-state index is 11.9. The number of hydrogen-bond acceptors (Lipinski definition) is 5. The van der Waals surface area contributed by atoms with E-state index in [-0.39, 0.29) is 5.57 Å². The SMILES string of the molecule is CCCOc1cc(OC)ccc1/C=C(\C(=O)O)c1ccc(OC)c(OC)c1. The van der Waals surface area contributed by atoms with Crippen LogP contribution >= 0.6 is 0 Å². The molecule has 0 aromatic heterocycles. The third-order valence-electron chi connectivity index (χ3n) is 3.91. The summed E-state index contributed by atoms with van der Waals surface area (Å²) in [4.78, 5) is 11.9. The zero-order valence-electron chi connectivity index (χ0n) is 15.9. The van der Waals surface area contributed by atoms with Gasteiger partial charge >= 0.3 is 5.97 Å². The van der Waals surface area contributed by atoms with Crippen LogP contribution in [0.15, 0.2) is 36.4 Å². The van der Waals surface area contributed by atoms with Gasteiger partial charge in [-0.05, 0) is 42.3 Å². The molecule has 2 aromatic carbocycles. The van der Waals surface area contributed by atoms with Crippen molar-refractivity contribution in [2.45, 2.75) is 13.3 Å². The Balaban J connectivity index is 2.54. The first-order valence-corrected chi connectivity index (χ1v) is 8.52. The quantitative estimate of drug-likeness (QED) is 0.527. The molecule has 27 heavy (non-hydrogen) atoms. The van der Waals surface area contributed by atoms with Gasteiger partial charge in [-0.2, -0.15) is 0 Å². The summed E-state index contributed by atoms with van der Waals surface area (Å²) in [5.74, 6) is 1.14. The van der Waals surface area contributed by atoms with E-state index in [1.807, 2.05) is 6.92 Å². The van der Waals surface area contributed by atoms with Crippen molar-refractivity contribution >= 4 is 17.6 Å². The normalized spacial score (nSPS) is 11.0. The topological polar surface area (TPSA) is 74.2 Å². The van der Waals surface area contributed by atoms with Gasteiger partial charge in [-0.3, -0.25) is 0 Å². The zero-order valence-corrected chi connectivity index (χ0v) is 15.9. The molecule has 6 nitrogen and oxygen atoms in total. The summed E-state index contributed by atoms with van der Waals surface area (Å²) < 4.78 is 21.5. The van der Waals surface area contributed by atoms with Crippen LogP contribution in [0.1, 0.15) is 24.5 Å². The van der Waals surface area contributed by atoms with E-state index in [4.69, 9.17) is 18.9 Å². The molecule has 144 valence electrons. The van der Waals surface area contributed by atoms with E-state index in [2.05, 4.69) is 0 Å². The van der Waals surface area contributed by atoms with Crippen molar-refractivity contribution in [3.63, 3.8) is 0 Å². The van der Waals surface area contributed by atoms with Crippen molar-refractivity contribution in [3.8, 4) is 23.0 Å². The third-order valence-corrected chi connectivity index (χ3v) is 3.91. The molecule has 0 radical (unpaired) electrons. The molecular weight excluding hydrogens is 348 g/mol. The second-order valence-corrected chi connectivity index (χ2v) is 5.69. The molecule has 0 saturated carbocycles. The standard InChI is InChI=1S/C21H24O6/c1-5-10-27-19-13-16(24-2)8-6-15(19)11-17(21(22)23)14-7-9-18(25-3)20(12-14)26-4/h6-9,11-13H,5,10H2,1-4H3,(H,22,23)/b17-11-. The van der Waals surface area contributed by atoms with Crippen molar-refractivity contribution in [3.05, 3.63) is 47.5 Å². The molecule has 0 heterocycles. The van der Waals surface area contributed by atoms with Gasteiger partial charge in [0.15, 0.2) is 11.5 Å². The highest BCUT2D eigenvalue weighted by Crippen LogP contribution is 2.33. The van der Waals surface area contributed by atoms with Crippen molar-refractivity contribution in [1.82, 2.24) is 0 Å². The van der Waals surface area contributed by atoms with Gasteiger partial charge in [-0.25, -0.2) is 4.79 Å². The lowest BCUT2D eigenvalue weighted by molar-refractivity contribution is -0.130. The van der Waals surface area contributed by atoms with Crippen molar-refractivity contribution in [2.24, 2.45) is 0 Å². The van der Waals surface area contributed by atoms with E-state index in [1.165, 1.54) is 14.2 Å². The van der Waals surface area contributed by atoms with Gasteiger partial charge in [0.2, 0.25) is 0 Å². The Morgan fingerprint density at radius 3 is 2.30 bits per heavy atom. The van der Waals surface area contributed by atoms with Gasteiger partial charge in [0.25, 0.3) is 0 Å². The largest absolute Gasteiger partial charge is 0.497 e. The number of benzene rings is 2. The molecule has 0 aliphatic heterocycles. The van der Waals surface area contributed by atoms with Crippen LogP contribution in [0.5, 0.6) is 23.0 Å². The van der Waals surface area contributed by atoms with Crippen molar-refractivity contribution in [1.29, 1.82) is 0 Å². The van der Waals surface area contributed by atoms with Crippen LogP contribution in [-0.4, -0.2) is 39.0 Å². The van der Waals surface area contributed by atoms with Crippen LogP contribution in [-0.2, 0) is 4.79 Å². The monoisotopic (exact) mass is 372 g/mol. The highest BCUT2D eigenvalue weighted by Gasteiger charge is 2.15. The smallest absolute Gasteiger partial charge is 0.336 e. The Morgan fingerprint density at radius 2 is 1.70 bits per heavy atom. The number of methoxy groups -OCH3 is 3. The van der Waals surface area contributed by atoms with Gasteiger partial charge in [0.1, 0.15) is 11.5 Å². The summed E-state index contributed by atoms with van der Waals surface area (Å²) in [6, 6.07) is 10.3. The molecule has 0 spiro atoms. The fourth-order valence-electron chi connectivity index (χ4n) is 2.53. The van der Waals surface area contributed by atoms with E-state index < -0.39 is 5.97 Å². The molecule has 0 fully saturated rings. The predicted octanol–water partition coefficient (Wildman–Crippen LogP) is 4.13. The summed E-state index contributed by atoms with van der Waals surface area (Å²) in [5, 5.41) is 9.74. The number of ether oxygens (including phenoxy) is 4. The Labute approximate surface area is 158 Å². The van der Waals surface area contributed by atoms with Crippen molar-refractivity contribution in [2.75, 3.05) is 27.9 Å². The molecular formula is C21H24O6. The molecule has 0 atom stereocenters. The highest BCUT2D eigenvalue weighted by molar-refractivity contribution is 6.21. The van der Waals surface area contributed by atoms with Crippen LogP contribution in [0.25, 0.3) is 11.6 Å². The van der Waals surface area contributed by atoms with E-state index >= 15 is 0 Å². The molecule has 2 rings (SSSR count). The van der Waals surface area contributed by atoms with E-state index in [1.54, 1.807) is 49.6 Å². The first kappa shape index (κ1) is 20.2. The molecule has 6 heteroatoms. The minimum absolute atomic E-state index is 0.113. The molecule has 2 aromatic rings. The number of hydrogen-bond donors (Lipinski definition) is 1. The summed E-state index contributed by atoms with van der Waals surface area (Å²) in [5.41, 5.74) is 1.26. The average molecular weight is 372 g/mol. The summed E-state index contributed by atoms with van der Waals surface area (Å²) in [7, 11) is 4.60. The minimum atomic E-state index is -1.06. The van der Waals surface area contributed by atoms with Gasteiger partial charge in [0, 0.05) is 11.6 Å². The van der Waals surface area contributed by atoms with Gasteiger partial charge < -0.3 is 24.1 Å². The first-order valence-electron chi connectivity index (χ1n) is 8.52. The molecule has 0 bridgehead atoms. The third kappa shape index (κ3) is 4.94. The van der Waals surface area contributed by atoms with Crippen LogP contribution in [0, 0.1) is 0 Å². The Morgan fingerprint density at radius 1 is 0.963 bits per heavy atom. The molecule has 0 aliphatic rings. The second kappa shape index (κ2) is 9.52. The van der Waals surface area contributed by atoms with E-state index in [9.17, 15) is 9.90 Å². The van der Waals surface area contributed by atoms with Gasteiger partial charge in [-0.15, -0.1) is 0 Å². The fourth-order valence-corrected chi connectivity index (χ4v) is 2.53. The molecule has 0 aliphatic carbocycles. The van der Waals surface area contributed by atoms with Gasteiger partial charge in [0.05, 0.1) is 33.5 Å². The number of carboxylic acids is 1. The lowest BCUT2D eigenvalue weighted by Crippen LogP contribution is -2.02. The lowest BCUT2D eigenvalue weighted by Gasteiger charge is -2.13. The Hall–Kier alpha value is -3.15. The molecule has 0 amide bonds. The highest BCUT2D eigenvalue weighted by atomic mass is 16.5. The number of rotatable bonds is 9. The summed E-state index contributed by atoms with van der Waals surface area (Å²) in [6.45, 7) is 2.52. The van der Waals surface area contributed by atoms with Gasteiger partial charge in [-0.1, -0.05) is 13.0 Å². The van der Waals surface area contributed by atoms with Crippen LogP contribution < -0.4 is 18.9 Å².